The fraction of sp³-hybridized carbons (Fsp3) is 0.278. The molecule has 3 aromatic rings. The van der Waals surface area contributed by atoms with Crippen LogP contribution in [0.1, 0.15) is 11.8 Å². The summed E-state index contributed by atoms with van der Waals surface area (Å²) in [6, 6.07) is 10.8. The molecule has 0 atom stereocenters. The van der Waals surface area contributed by atoms with E-state index in [1.54, 1.807) is 31.6 Å². The summed E-state index contributed by atoms with van der Waals surface area (Å²) in [5.74, 6) is 2.36. The summed E-state index contributed by atoms with van der Waals surface area (Å²) in [4.78, 5) is 18.5. The minimum Gasteiger partial charge on any atom is -0.497 e. The first-order chi connectivity index (χ1) is 12.7. The first kappa shape index (κ1) is 16.3. The molecule has 0 spiro atoms. The van der Waals surface area contributed by atoms with E-state index in [9.17, 15) is 4.79 Å². The Balaban J connectivity index is 1.28. The second-order valence-corrected chi connectivity index (χ2v) is 6.10. The molecule has 26 heavy (non-hydrogen) atoms. The molecular weight excluding hydrogens is 336 g/mol. The Morgan fingerprint density at radius 2 is 2.23 bits per heavy atom. The summed E-state index contributed by atoms with van der Waals surface area (Å²) < 4.78 is 15.7. The molecule has 8 nitrogen and oxygen atoms in total. The molecule has 1 saturated heterocycles. The number of hydrogen-bond acceptors (Lipinski definition) is 7. The fourth-order valence-electron chi connectivity index (χ4n) is 2.87. The molecule has 0 radical (unpaired) electrons. The van der Waals surface area contributed by atoms with Gasteiger partial charge in [-0.3, -0.25) is 9.69 Å². The van der Waals surface area contributed by atoms with Crippen molar-refractivity contribution < 1.29 is 18.5 Å². The number of carbonyl (C=O) groups excluding carboxylic acids is 1. The molecular formula is C18H18N4O4. The van der Waals surface area contributed by atoms with Crippen molar-refractivity contribution in [2.45, 2.75) is 5.92 Å². The molecule has 1 fully saturated rings. The number of furan rings is 1. The minimum absolute atomic E-state index is 0.0708. The van der Waals surface area contributed by atoms with Gasteiger partial charge in [-0.15, -0.1) is 0 Å². The van der Waals surface area contributed by atoms with Crippen molar-refractivity contribution in [2.24, 2.45) is 0 Å². The average Bonchev–Trinajstić information content (AvgIpc) is 3.29. The van der Waals surface area contributed by atoms with Gasteiger partial charge in [-0.05, 0) is 24.3 Å². The van der Waals surface area contributed by atoms with Crippen LogP contribution in [0.25, 0.3) is 11.6 Å². The number of nitrogens with zero attached hydrogens (tertiary/aromatic N) is 3. The van der Waals surface area contributed by atoms with Crippen LogP contribution >= 0.6 is 0 Å². The lowest BCUT2D eigenvalue weighted by Gasteiger charge is -2.36. The minimum atomic E-state index is -0.0708. The summed E-state index contributed by atoms with van der Waals surface area (Å²) in [5.41, 5.74) is 0.714. The number of likely N-dealkylation sites (tertiary alicyclic amines) is 1. The maximum absolute atomic E-state index is 12.2. The van der Waals surface area contributed by atoms with E-state index in [1.165, 1.54) is 0 Å². The third-order valence-electron chi connectivity index (χ3n) is 4.21. The van der Waals surface area contributed by atoms with Gasteiger partial charge >= 0.3 is 0 Å². The first-order valence-corrected chi connectivity index (χ1v) is 8.25. The molecule has 134 valence electrons. The van der Waals surface area contributed by atoms with Gasteiger partial charge in [-0.1, -0.05) is 11.2 Å². The van der Waals surface area contributed by atoms with Crippen molar-refractivity contribution in [1.82, 2.24) is 15.0 Å². The van der Waals surface area contributed by atoms with E-state index in [0.717, 1.165) is 0 Å². The van der Waals surface area contributed by atoms with Crippen LogP contribution in [0.2, 0.25) is 0 Å². The van der Waals surface area contributed by atoms with E-state index < -0.39 is 0 Å². The lowest BCUT2D eigenvalue weighted by Crippen LogP contribution is -2.48. The number of hydrogen-bond donors (Lipinski definition) is 1. The molecule has 1 aliphatic heterocycles. The smallest absolute Gasteiger partial charge is 0.238 e. The second-order valence-electron chi connectivity index (χ2n) is 6.10. The largest absolute Gasteiger partial charge is 0.497 e. The average molecular weight is 354 g/mol. The Morgan fingerprint density at radius 3 is 3.00 bits per heavy atom. The van der Waals surface area contributed by atoms with E-state index in [2.05, 4.69) is 15.5 Å². The maximum atomic E-state index is 12.2. The number of anilines is 1. The molecule has 0 saturated carbocycles. The number of benzene rings is 1. The normalized spacial score (nSPS) is 14.8. The number of amides is 1. The molecule has 1 aromatic carbocycles. The third-order valence-corrected chi connectivity index (χ3v) is 4.21. The van der Waals surface area contributed by atoms with Gasteiger partial charge < -0.3 is 19.0 Å². The van der Waals surface area contributed by atoms with Crippen LogP contribution in [0, 0.1) is 0 Å². The number of aromatic nitrogens is 2. The molecule has 4 rings (SSSR count). The van der Waals surface area contributed by atoms with Crippen LogP contribution in [0.4, 0.5) is 5.69 Å². The Bertz CT molecular complexity index is 884. The predicted octanol–water partition coefficient (Wildman–Crippen LogP) is 2.38. The van der Waals surface area contributed by atoms with Crippen molar-refractivity contribution in [1.29, 1.82) is 0 Å². The van der Waals surface area contributed by atoms with Gasteiger partial charge in [0.25, 0.3) is 0 Å². The first-order valence-electron chi connectivity index (χ1n) is 8.25. The van der Waals surface area contributed by atoms with E-state index in [-0.39, 0.29) is 11.8 Å². The van der Waals surface area contributed by atoms with Crippen LogP contribution < -0.4 is 10.1 Å². The van der Waals surface area contributed by atoms with Crippen LogP contribution in [0.3, 0.4) is 0 Å². The summed E-state index contributed by atoms with van der Waals surface area (Å²) in [6.07, 6.45) is 1.57. The quantitative estimate of drug-likeness (QED) is 0.726. The molecule has 1 aliphatic rings. The summed E-state index contributed by atoms with van der Waals surface area (Å²) in [6.45, 7) is 1.71. The van der Waals surface area contributed by atoms with E-state index in [0.29, 0.717) is 48.5 Å². The SMILES string of the molecule is COc1cccc(NC(=O)CN2CC(c3nc(-c4ccco4)no3)C2)c1. The Hall–Kier alpha value is -3.13. The fourth-order valence-corrected chi connectivity index (χ4v) is 2.87. The van der Waals surface area contributed by atoms with Gasteiger partial charge in [0.05, 0.1) is 25.8 Å². The summed E-state index contributed by atoms with van der Waals surface area (Å²) in [7, 11) is 1.59. The molecule has 1 amide bonds. The van der Waals surface area contributed by atoms with Gasteiger partial charge in [-0.25, -0.2) is 0 Å². The topological polar surface area (TPSA) is 93.6 Å². The second kappa shape index (κ2) is 7.01. The number of nitrogens with one attached hydrogen (secondary N) is 1. The highest BCUT2D eigenvalue weighted by Crippen LogP contribution is 2.27. The summed E-state index contributed by atoms with van der Waals surface area (Å²) in [5, 5.41) is 6.80. The zero-order valence-corrected chi connectivity index (χ0v) is 14.2. The highest BCUT2D eigenvalue weighted by Gasteiger charge is 2.33. The monoisotopic (exact) mass is 354 g/mol. The predicted molar refractivity (Wildman–Crippen MR) is 92.8 cm³/mol. The number of methoxy groups -OCH3 is 1. The number of rotatable bonds is 6. The lowest BCUT2D eigenvalue weighted by atomic mass is 10.0. The number of ether oxygens (including phenoxy) is 1. The molecule has 0 bridgehead atoms. The zero-order chi connectivity index (χ0) is 17.9. The van der Waals surface area contributed by atoms with Crippen molar-refractivity contribution in [3.05, 3.63) is 48.6 Å². The van der Waals surface area contributed by atoms with Crippen molar-refractivity contribution in [3.8, 4) is 17.3 Å². The standard InChI is InChI=1S/C18H18N4O4/c1-24-14-5-2-4-13(8-14)19-16(23)11-22-9-12(10-22)18-20-17(21-26-18)15-6-3-7-25-15/h2-8,12H,9-11H2,1H3,(H,19,23). The Morgan fingerprint density at radius 1 is 1.35 bits per heavy atom. The number of carbonyl (C=O) groups is 1. The van der Waals surface area contributed by atoms with Crippen LogP contribution in [0.5, 0.6) is 5.75 Å². The maximum Gasteiger partial charge on any atom is 0.238 e. The molecule has 1 N–H and O–H groups in total. The Labute approximate surface area is 149 Å². The van der Waals surface area contributed by atoms with Crippen LogP contribution in [-0.2, 0) is 4.79 Å². The zero-order valence-electron chi connectivity index (χ0n) is 14.2. The van der Waals surface area contributed by atoms with Crippen LogP contribution in [-0.4, -0.2) is 47.7 Å². The van der Waals surface area contributed by atoms with Crippen molar-refractivity contribution >= 4 is 11.6 Å². The third kappa shape index (κ3) is 3.45. The summed E-state index contributed by atoms with van der Waals surface area (Å²) >= 11 is 0. The lowest BCUT2D eigenvalue weighted by molar-refractivity contribution is -0.118. The van der Waals surface area contributed by atoms with Gasteiger partial charge in [0.15, 0.2) is 5.76 Å². The molecule has 0 aliphatic carbocycles. The van der Waals surface area contributed by atoms with E-state index in [1.807, 2.05) is 23.1 Å². The van der Waals surface area contributed by atoms with Crippen molar-refractivity contribution in [2.75, 3.05) is 32.1 Å². The van der Waals surface area contributed by atoms with Gasteiger partial charge in [0.2, 0.25) is 17.6 Å². The molecule has 2 aromatic heterocycles. The Kier molecular flexibility index (Phi) is 4.40. The van der Waals surface area contributed by atoms with E-state index >= 15 is 0 Å². The van der Waals surface area contributed by atoms with Gasteiger partial charge in [-0.2, -0.15) is 4.98 Å². The molecule has 0 unspecified atom stereocenters. The highest BCUT2D eigenvalue weighted by atomic mass is 16.5. The van der Waals surface area contributed by atoms with Crippen LogP contribution in [0.15, 0.2) is 51.6 Å². The highest BCUT2D eigenvalue weighted by molar-refractivity contribution is 5.92. The van der Waals surface area contributed by atoms with Gasteiger partial charge in [0.1, 0.15) is 5.75 Å². The molecule has 8 heteroatoms. The van der Waals surface area contributed by atoms with Crippen molar-refractivity contribution in [3.63, 3.8) is 0 Å². The van der Waals surface area contributed by atoms with E-state index in [4.69, 9.17) is 13.7 Å². The molecule has 3 heterocycles. The van der Waals surface area contributed by atoms with Gasteiger partial charge in [0, 0.05) is 24.8 Å².